The molecule has 126 valence electrons. The van der Waals surface area contributed by atoms with Crippen LogP contribution in [-0.4, -0.2) is 40.2 Å². The summed E-state index contributed by atoms with van der Waals surface area (Å²) in [7, 11) is 1.79. The smallest absolute Gasteiger partial charge is 0.227 e. The number of hydrogen-bond donors (Lipinski definition) is 1. The van der Waals surface area contributed by atoms with Crippen molar-refractivity contribution in [3.05, 3.63) is 42.5 Å². The number of fused-ring (bicyclic) bond motifs is 1. The van der Waals surface area contributed by atoms with Crippen molar-refractivity contribution in [1.29, 1.82) is 0 Å². The van der Waals surface area contributed by atoms with Gasteiger partial charge in [-0.1, -0.05) is 18.2 Å². The minimum Gasteiger partial charge on any atom is -0.355 e. The Balaban J connectivity index is 1.51. The molecule has 0 saturated heterocycles. The van der Waals surface area contributed by atoms with Crippen LogP contribution in [0, 0.1) is 0 Å². The van der Waals surface area contributed by atoms with Gasteiger partial charge in [0.05, 0.1) is 0 Å². The van der Waals surface area contributed by atoms with Gasteiger partial charge < -0.3 is 10.2 Å². The molecule has 1 N–H and O–H groups in total. The highest BCUT2D eigenvalue weighted by molar-refractivity contribution is 5.96. The zero-order valence-corrected chi connectivity index (χ0v) is 13.7. The number of aryl methyl sites for hydroxylation is 1. The molecule has 3 rings (SSSR count). The molecule has 1 aliphatic rings. The predicted octanol–water partition coefficient (Wildman–Crippen LogP) is 1.32. The molecule has 7 nitrogen and oxygen atoms in total. The molecule has 0 bridgehead atoms. The van der Waals surface area contributed by atoms with Crippen molar-refractivity contribution in [3.63, 3.8) is 0 Å². The van der Waals surface area contributed by atoms with E-state index in [4.69, 9.17) is 0 Å². The molecule has 2 aromatic rings. The molecular formula is C17H21N5O2. The lowest BCUT2D eigenvalue weighted by molar-refractivity contribution is -0.122. The number of carbonyl (C=O) groups is 2. The Kier molecular flexibility index (Phi) is 4.88. The van der Waals surface area contributed by atoms with Crippen LogP contribution < -0.4 is 10.2 Å². The number of aromatic nitrogens is 3. The Morgan fingerprint density at radius 3 is 3.00 bits per heavy atom. The van der Waals surface area contributed by atoms with Gasteiger partial charge in [-0.2, -0.15) is 5.10 Å². The SMILES string of the molecule is CN1C(=O)C[C@@H](CNC(=O)CCCn2cncn2)c2ccccc21. The largest absolute Gasteiger partial charge is 0.355 e. The molecule has 0 fully saturated rings. The van der Waals surface area contributed by atoms with Crippen LogP contribution in [0.2, 0.25) is 0 Å². The highest BCUT2D eigenvalue weighted by atomic mass is 16.2. The maximum atomic E-state index is 12.1. The van der Waals surface area contributed by atoms with Crippen LogP contribution in [0.4, 0.5) is 5.69 Å². The molecule has 0 saturated carbocycles. The van der Waals surface area contributed by atoms with Gasteiger partial charge in [0.15, 0.2) is 0 Å². The number of benzene rings is 1. The monoisotopic (exact) mass is 327 g/mol. The topological polar surface area (TPSA) is 80.1 Å². The molecule has 0 unspecified atom stereocenters. The van der Waals surface area contributed by atoms with Gasteiger partial charge >= 0.3 is 0 Å². The van der Waals surface area contributed by atoms with Crippen LogP contribution in [0.15, 0.2) is 36.9 Å². The average molecular weight is 327 g/mol. The van der Waals surface area contributed by atoms with Crippen LogP contribution in [0.25, 0.3) is 0 Å². The van der Waals surface area contributed by atoms with E-state index in [1.54, 1.807) is 23.0 Å². The fourth-order valence-electron chi connectivity index (χ4n) is 2.99. The lowest BCUT2D eigenvalue weighted by atomic mass is 9.89. The zero-order valence-electron chi connectivity index (χ0n) is 13.7. The van der Waals surface area contributed by atoms with E-state index in [2.05, 4.69) is 15.4 Å². The molecule has 0 radical (unpaired) electrons. The Morgan fingerprint density at radius 1 is 1.38 bits per heavy atom. The summed E-state index contributed by atoms with van der Waals surface area (Å²) in [5.41, 5.74) is 2.04. The molecule has 1 aromatic carbocycles. The van der Waals surface area contributed by atoms with E-state index in [1.807, 2.05) is 24.3 Å². The van der Waals surface area contributed by atoms with E-state index in [0.29, 0.717) is 32.4 Å². The normalized spacial score (nSPS) is 16.8. The lowest BCUT2D eigenvalue weighted by Gasteiger charge is -2.31. The van der Waals surface area contributed by atoms with Crippen LogP contribution in [0.3, 0.4) is 0 Å². The van der Waals surface area contributed by atoms with Crippen LogP contribution in [0.1, 0.15) is 30.7 Å². The third kappa shape index (κ3) is 3.61. The second kappa shape index (κ2) is 7.25. The Bertz CT molecular complexity index is 714. The van der Waals surface area contributed by atoms with Crippen molar-refractivity contribution in [3.8, 4) is 0 Å². The number of nitrogens with zero attached hydrogens (tertiary/aromatic N) is 4. The molecule has 24 heavy (non-hydrogen) atoms. The molecule has 0 aliphatic carbocycles. The number of hydrogen-bond acceptors (Lipinski definition) is 4. The van der Waals surface area contributed by atoms with Crippen LogP contribution in [0.5, 0.6) is 0 Å². The number of amides is 2. The van der Waals surface area contributed by atoms with Crippen molar-refractivity contribution in [1.82, 2.24) is 20.1 Å². The second-order valence-corrected chi connectivity index (χ2v) is 5.98. The zero-order chi connectivity index (χ0) is 16.9. The minimum atomic E-state index is -0.000950. The predicted molar refractivity (Wildman–Crippen MR) is 89.5 cm³/mol. The summed E-state index contributed by atoms with van der Waals surface area (Å²) in [6.45, 7) is 1.15. The van der Waals surface area contributed by atoms with Gasteiger partial charge in [0.25, 0.3) is 0 Å². The third-order valence-corrected chi connectivity index (χ3v) is 4.34. The van der Waals surface area contributed by atoms with Crippen molar-refractivity contribution < 1.29 is 9.59 Å². The van der Waals surface area contributed by atoms with Gasteiger partial charge in [-0.3, -0.25) is 14.3 Å². The number of rotatable bonds is 6. The van der Waals surface area contributed by atoms with E-state index in [1.165, 1.54) is 6.33 Å². The van der Waals surface area contributed by atoms with Gasteiger partial charge in [-0.05, 0) is 18.1 Å². The molecule has 1 aromatic heterocycles. The standard InChI is InChI=1S/C17H21N5O2/c1-21-15-6-3-2-5-14(15)13(9-17(21)24)10-19-16(23)7-4-8-22-12-18-11-20-22/h2-3,5-6,11-13H,4,7-10H2,1H3,(H,19,23)/t13-/m0/s1. The summed E-state index contributed by atoms with van der Waals surface area (Å²) in [6, 6.07) is 7.86. The van der Waals surface area contributed by atoms with Crippen molar-refractivity contribution in [2.24, 2.45) is 0 Å². The maximum absolute atomic E-state index is 12.1. The Morgan fingerprint density at radius 2 is 2.21 bits per heavy atom. The molecule has 0 spiro atoms. The minimum absolute atomic E-state index is 0.000950. The lowest BCUT2D eigenvalue weighted by Crippen LogP contribution is -2.37. The summed E-state index contributed by atoms with van der Waals surface area (Å²) in [5, 5.41) is 6.96. The molecule has 7 heteroatoms. The summed E-state index contributed by atoms with van der Waals surface area (Å²) >= 11 is 0. The number of para-hydroxylation sites is 1. The first-order valence-corrected chi connectivity index (χ1v) is 8.09. The van der Waals surface area contributed by atoms with E-state index < -0.39 is 0 Å². The number of anilines is 1. The van der Waals surface area contributed by atoms with Gasteiger partial charge in [-0.15, -0.1) is 0 Å². The molecule has 1 atom stereocenters. The third-order valence-electron chi connectivity index (χ3n) is 4.34. The molecule has 1 aliphatic heterocycles. The number of nitrogens with one attached hydrogen (secondary N) is 1. The van der Waals surface area contributed by atoms with Crippen LogP contribution in [-0.2, 0) is 16.1 Å². The highest BCUT2D eigenvalue weighted by Gasteiger charge is 2.28. The second-order valence-electron chi connectivity index (χ2n) is 5.98. The van der Waals surface area contributed by atoms with Gasteiger partial charge in [0, 0.05) is 44.6 Å². The van der Waals surface area contributed by atoms with Gasteiger partial charge in [0.2, 0.25) is 11.8 Å². The fourth-order valence-corrected chi connectivity index (χ4v) is 2.99. The first-order chi connectivity index (χ1) is 11.6. The van der Waals surface area contributed by atoms with Crippen molar-refractivity contribution in [2.75, 3.05) is 18.5 Å². The molecular weight excluding hydrogens is 306 g/mol. The van der Waals surface area contributed by atoms with E-state index in [-0.39, 0.29) is 17.7 Å². The van der Waals surface area contributed by atoms with E-state index >= 15 is 0 Å². The van der Waals surface area contributed by atoms with Crippen molar-refractivity contribution >= 4 is 17.5 Å². The summed E-state index contributed by atoms with van der Waals surface area (Å²) < 4.78 is 1.71. The molecule has 2 heterocycles. The van der Waals surface area contributed by atoms with Crippen molar-refractivity contribution in [2.45, 2.75) is 31.7 Å². The Hall–Kier alpha value is -2.70. The first-order valence-electron chi connectivity index (χ1n) is 8.09. The quantitative estimate of drug-likeness (QED) is 0.868. The summed E-state index contributed by atoms with van der Waals surface area (Å²) in [4.78, 5) is 29.7. The van der Waals surface area contributed by atoms with Gasteiger partial charge in [0.1, 0.15) is 12.7 Å². The van der Waals surface area contributed by atoms with Crippen LogP contribution >= 0.6 is 0 Å². The average Bonchev–Trinajstić information content (AvgIpc) is 3.10. The fraction of sp³-hybridized carbons (Fsp3) is 0.412. The Labute approximate surface area is 140 Å². The number of carbonyl (C=O) groups excluding carboxylic acids is 2. The summed E-state index contributed by atoms with van der Waals surface area (Å²) in [6.07, 6.45) is 4.68. The summed E-state index contributed by atoms with van der Waals surface area (Å²) in [5.74, 6) is 0.113. The molecule has 2 amide bonds. The maximum Gasteiger partial charge on any atom is 0.227 e. The van der Waals surface area contributed by atoms with E-state index in [9.17, 15) is 9.59 Å². The first kappa shape index (κ1) is 16.2. The van der Waals surface area contributed by atoms with E-state index in [0.717, 1.165) is 11.3 Å². The van der Waals surface area contributed by atoms with Gasteiger partial charge in [-0.25, -0.2) is 4.98 Å². The highest BCUT2D eigenvalue weighted by Crippen LogP contribution is 2.34.